The van der Waals surface area contributed by atoms with Gasteiger partial charge in [-0.05, 0) is 19.3 Å². The second kappa shape index (κ2) is 11.9. The maximum atomic E-state index is 10.8. The summed E-state index contributed by atoms with van der Waals surface area (Å²) in [5.74, 6) is 0. The number of nitrogens with one attached hydrogen (secondary N) is 2. The van der Waals surface area contributed by atoms with Crippen LogP contribution in [-0.2, 0) is 19.5 Å². The van der Waals surface area contributed by atoms with Gasteiger partial charge in [0.25, 0.3) is 0 Å². The summed E-state index contributed by atoms with van der Waals surface area (Å²) in [5, 5.41) is 10.5. The van der Waals surface area contributed by atoms with E-state index in [1.807, 2.05) is 0 Å². The second-order valence-corrected chi connectivity index (χ2v) is 6.02. The first-order chi connectivity index (χ1) is 9.42. The monoisotopic (exact) mass is 312 g/mol. The third-order valence-electron chi connectivity index (χ3n) is 2.22. The number of sulfonamides is 1. The van der Waals surface area contributed by atoms with Gasteiger partial charge in [0, 0.05) is 19.7 Å². The van der Waals surface area contributed by atoms with Crippen molar-refractivity contribution < 1.29 is 27.8 Å². The van der Waals surface area contributed by atoms with E-state index >= 15 is 0 Å². The molecule has 0 fully saturated rings. The Hall–Kier alpha value is -0.900. The molecule has 0 aromatic heterocycles. The molecule has 0 unspecified atom stereocenters. The average molecular weight is 312 g/mol. The van der Waals surface area contributed by atoms with Crippen LogP contribution >= 0.6 is 0 Å². The Kier molecular flexibility index (Phi) is 11.4. The normalized spacial score (nSPS) is 11.4. The maximum absolute atomic E-state index is 10.8. The zero-order valence-corrected chi connectivity index (χ0v) is 12.6. The third kappa shape index (κ3) is 17.1. The van der Waals surface area contributed by atoms with Crippen LogP contribution in [0.4, 0.5) is 4.79 Å². The molecule has 120 valence electrons. The molecule has 0 aliphatic carbocycles. The van der Waals surface area contributed by atoms with Crippen molar-refractivity contribution in [1.29, 1.82) is 0 Å². The highest BCUT2D eigenvalue weighted by molar-refractivity contribution is 7.88. The summed E-state index contributed by atoms with van der Waals surface area (Å²) in [5.41, 5.74) is 0. The summed E-state index contributed by atoms with van der Waals surface area (Å²) in [4.78, 5) is 10.1. The predicted octanol–water partition coefficient (Wildman–Crippen LogP) is 0.00670. The van der Waals surface area contributed by atoms with Crippen molar-refractivity contribution in [2.45, 2.75) is 19.3 Å². The molecule has 9 heteroatoms. The van der Waals surface area contributed by atoms with Crippen LogP contribution in [0.2, 0.25) is 0 Å². The molecule has 8 nitrogen and oxygen atoms in total. The molecule has 3 N–H and O–H groups in total. The van der Waals surface area contributed by atoms with Crippen LogP contribution in [0.25, 0.3) is 0 Å². The minimum Gasteiger partial charge on any atom is -0.465 e. The number of hydrogen-bond donors (Lipinski definition) is 3. The summed E-state index contributed by atoms with van der Waals surface area (Å²) in [6.07, 6.45) is 2.63. The molecule has 1 amide bonds. The van der Waals surface area contributed by atoms with Gasteiger partial charge in [0.2, 0.25) is 10.0 Å². The summed E-state index contributed by atoms with van der Waals surface area (Å²) in [6.45, 7) is 2.55. The first kappa shape index (κ1) is 19.1. The Morgan fingerprint density at radius 3 is 2.25 bits per heavy atom. The van der Waals surface area contributed by atoms with E-state index in [2.05, 4.69) is 10.0 Å². The molecule has 0 saturated heterocycles. The van der Waals surface area contributed by atoms with E-state index in [4.69, 9.17) is 14.6 Å². The first-order valence-electron chi connectivity index (χ1n) is 6.49. The van der Waals surface area contributed by atoms with Crippen molar-refractivity contribution >= 4 is 16.1 Å². The number of hydrogen-bond acceptors (Lipinski definition) is 5. The zero-order valence-electron chi connectivity index (χ0n) is 11.8. The summed E-state index contributed by atoms with van der Waals surface area (Å²) < 4.78 is 34.4. The van der Waals surface area contributed by atoms with E-state index in [1.165, 1.54) is 0 Å². The van der Waals surface area contributed by atoms with E-state index in [-0.39, 0.29) is 6.54 Å². The van der Waals surface area contributed by atoms with Crippen LogP contribution in [0.5, 0.6) is 0 Å². The number of amides is 1. The van der Waals surface area contributed by atoms with Gasteiger partial charge in [-0.2, -0.15) is 0 Å². The molecule has 0 radical (unpaired) electrons. The molecule has 20 heavy (non-hydrogen) atoms. The number of rotatable bonds is 13. The molecule has 0 aliphatic heterocycles. The van der Waals surface area contributed by atoms with Gasteiger partial charge in [0.15, 0.2) is 0 Å². The molecule has 0 aliphatic rings. The molecule has 0 bridgehead atoms. The summed E-state index contributed by atoms with van der Waals surface area (Å²) in [7, 11) is -3.08. The highest BCUT2D eigenvalue weighted by Gasteiger charge is 1.98. The predicted molar refractivity (Wildman–Crippen MR) is 74.4 cm³/mol. The minimum atomic E-state index is -3.08. The Balaban J connectivity index is 3.08. The average Bonchev–Trinajstić information content (AvgIpc) is 2.33. The lowest BCUT2D eigenvalue weighted by Gasteiger charge is -2.06. The molecule has 0 aromatic carbocycles. The van der Waals surface area contributed by atoms with Gasteiger partial charge in [0.05, 0.1) is 26.1 Å². The number of ether oxygens (including phenoxy) is 2. The fraction of sp³-hybridized carbons (Fsp3) is 0.909. The lowest BCUT2D eigenvalue weighted by molar-refractivity contribution is 0.0474. The van der Waals surface area contributed by atoms with Gasteiger partial charge in [-0.15, -0.1) is 0 Å². The molecule has 0 aromatic rings. The van der Waals surface area contributed by atoms with Crippen molar-refractivity contribution in [3.05, 3.63) is 0 Å². The van der Waals surface area contributed by atoms with Gasteiger partial charge in [0.1, 0.15) is 0 Å². The van der Waals surface area contributed by atoms with Crippen molar-refractivity contribution in [3.63, 3.8) is 0 Å². The van der Waals surface area contributed by atoms with Gasteiger partial charge in [-0.25, -0.2) is 17.9 Å². The Labute approximate surface area is 119 Å². The standard InChI is InChI=1S/C11H24N2O6S/c1-20(16,17)13-5-3-2-4-7-18-9-10-19-8-6-12-11(14)15/h12-13H,2-10H2,1H3,(H,14,15). The van der Waals surface area contributed by atoms with Crippen LogP contribution in [0.1, 0.15) is 19.3 Å². The van der Waals surface area contributed by atoms with Crippen LogP contribution in [0, 0.1) is 0 Å². The Morgan fingerprint density at radius 1 is 1.00 bits per heavy atom. The van der Waals surface area contributed by atoms with E-state index in [1.54, 1.807) is 0 Å². The molecule has 0 heterocycles. The molecule has 0 saturated carbocycles. The second-order valence-electron chi connectivity index (χ2n) is 4.18. The van der Waals surface area contributed by atoms with Crippen molar-refractivity contribution in [3.8, 4) is 0 Å². The smallest absolute Gasteiger partial charge is 0.404 e. The first-order valence-corrected chi connectivity index (χ1v) is 8.38. The molecule has 0 rings (SSSR count). The highest BCUT2D eigenvalue weighted by atomic mass is 32.2. The largest absolute Gasteiger partial charge is 0.465 e. The Bertz CT molecular complexity index is 347. The number of carbonyl (C=O) groups is 1. The van der Waals surface area contributed by atoms with Gasteiger partial charge < -0.3 is 19.9 Å². The molecule has 0 atom stereocenters. The summed E-state index contributed by atoms with van der Waals surface area (Å²) in [6, 6.07) is 0. The van der Waals surface area contributed by atoms with E-state index < -0.39 is 16.1 Å². The van der Waals surface area contributed by atoms with Gasteiger partial charge in [-0.1, -0.05) is 0 Å². The van der Waals surface area contributed by atoms with E-state index in [0.29, 0.717) is 33.0 Å². The summed E-state index contributed by atoms with van der Waals surface area (Å²) >= 11 is 0. The highest BCUT2D eigenvalue weighted by Crippen LogP contribution is 1.95. The van der Waals surface area contributed by atoms with Crippen LogP contribution in [0.15, 0.2) is 0 Å². The van der Waals surface area contributed by atoms with E-state index in [0.717, 1.165) is 25.5 Å². The molecule has 0 spiro atoms. The van der Waals surface area contributed by atoms with Crippen LogP contribution in [0.3, 0.4) is 0 Å². The Morgan fingerprint density at radius 2 is 1.65 bits per heavy atom. The third-order valence-corrected chi connectivity index (χ3v) is 2.95. The fourth-order valence-electron chi connectivity index (χ4n) is 1.32. The number of carboxylic acid groups (broad SMARTS) is 1. The molecular formula is C11H24N2O6S. The topological polar surface area (TPSA) is 114 Å². The van der Waals surface area contributed by atoms with Gasteiger partial charge >= 0.3 is 6.09 Å². The van der Waals surface area contributed by atoms with Gasteiger partial charge in [-0.3, -0.25) is 0 Å². The fourth-order valence-corrected chi connectivity index (χ4v) is 1.83. The van der Waals surface area contributed by atoms with Crippen LogP contribution < -0.4 is 10.0 Å². The van der Waals surface area contributed by atoms with Crippen molar-refractivity contribution in [2.24, 2.45) is 0 Å². The van der Waals surface area contributed by atoms with Crippen molar-refractivity contribution in [2.75, 3.05) is 45.8 Å². The minimum absolute atomic E-state index is 0.267. The maximum Gasteiger partial charge on any atom is 0.404 e. The zero-order chi connectivity index (χ0) is 15.3. The quantitative estimate of drug-likeness (QED) is 0.413. The lowest BCUT2D eigenvalue weighted by Crippen LogP contribution is -2.25. The van der Waals surface area contributed by atoms with Crippen molar-refractivity contribution in [1.82, 2.24) is 10.0 Å². The lowest BCUT2D eigenvalue weighted by atomic mass is 10.2. The number of unbranched alkanes of at least 4 members (excludes halogenated alkanes) is 2. The SMILES string of the molecule is CS(=O)(=O)NCCCCCOCCOCCNC(=O)O. The molecular weight excluding hydrogens is 288 g/mol. The van der Waals surface area contributed by atoms with E-state index in [9.17, 15) is 13.2 Å². The van der Waals surface area contributed by atoms with Crippen LogP contribution in [-0.4, -0.2) is 65.4 Å².